The topological polar surface area (TPSA) is 62.7 Å². The van der Waals surface area contributed by atoms with Gasteiger partial charge in [0.25, 0.3) is 0 Å². The van der Waals surface area contributed by atoms with Crippen LogP contribution in [0, 0.1) is 0 Å². The summed E-state index contributed by atoms with van der Waals surface area (Å²) in [6.45, 7) is 7.59. The molecule has 0 radical (unpaired) electrons. The average Bonchev–Trinajstić information content (AvgIpc) is 2.72. The van der Waals surface area contributed by atoms with Crippen LogP contribution in [0.2, 0.25) is 5.02 Å². The maximum atomic E-state index is 12.1. The second-order valence-electron chi connectivity index (χ2n) is 7.70. The molecule has 142 valence electrons. The molecule has 0 saturated carbocycles. The van der Waals surface area contributed by atoms with Crippen LogP contribution in [0.15, 0.2) is 47.6 Å². The predicted octanol–water partition coefficient (Wildman–Crippen LogP) is 4.97. The number of nitrogens with zero attached hydrogens (tertiary/aromatic N) is 1. The molecule has 6 heteroatoms. The molecule has 3 rings (SSSR count). The third kappa shape index (κ3) is 5.01. The highest BCUT2D eigenvalue weighted by molar-refractivity contribution is 6.30. The van der Waals surface area contributed by atoms with Gasteiger partial charge in [-0.2, -0.15) is 5.10 Å². The highest BCUT2D eigenvalue weighted by atomic mass is 35.5. The van der Waals surface area contributed by atoms with Crippen molar-refractivity contribution in [1.82, 2.24) is 5.43 Å². The van der Waals surface area contributed by atoms with Crippen LogP contribution in [-0.2, 0) is 11.2 Å². The van der Waals surface area contributed by atoms with Crippen LogP contribution >= 0.6 is 11.6 Å². The van der Waals surface area contributed by atoms with E-state index in [4.69, 9.17) is 16.3 Å². The molecule has 5 nitrogen and oxygen atoms in total. The molecular weight excluding hydrogens is 362 g/mol. The van der Waals surface area contributed by atoms with Gasteiger partial charge in [0, 0.05) is 27.9 Å². The van der Waals surface area contributed by atoms with E-state index < -0.39 is 11.7 Å². The molecule has 0 saturated heterocycles. The van der Waals surface area contributed by atoms with Gasteiger partial charge in [0.15, 0.2) is 0 Å². The lowest BCUT2D eigenvalue weighted by molar-refractivity contribution is 0.0636. The second-order valence-corrected chi connectivity index (χ2v) is 8.14. The molecule has 1 amide bonds. The van der Waals surface area contributed by atoms with Crippen molar-refractivity contribution in [2.24, 2.45) is 5.10 Å². The van der Waals surface area contributed by atoms with Gasteiger partial charge in [-0.05, 0) is 63.9 Å². The number of fused-ring (bicyclic) bond motifs is 1. The predicted molar refractivity (Wildman–Crippen MR) is 110 cm³/mol. The smallest absolute Gasteiger partial charge is 0.412 e. The number of carbonyl (C=O) groups excluding carboxylic acids is 1. The van der Waals surface area contributed by atoms with Gasteiger partial charge in [-0.1, -0.05) is 29.8 Å². The minimum absolute atomic E-state index is 0.207. The minimum atomic E-state index is -0.551. The maximum absolute atomic E-state index is 12.1. The van der Waals surface area contributed by atoms with Gasteiger partial charge in [-0.25, -0.2) is 4.79 Å². The van der Waals surface area contributed by atoms with Crippen molar-refractivity contribution in [1.29, 1.82) is 0 Å². The molecular formula is C21H24ClN3O2. The van der Waals surface area contributed by atoms with E-state index in [1.807, 2.05) is 63.2 Å². The summed E-state index contributed by atoms with van der Waals surface area (Å²) in [5, 5.41) is 8.08. The summed E-state index contributed by atoms with van der Waals surface area (Å²) in [6, 6.07) is 13.6. The van der Waals surface area contributed by atoms with Gasteiger partial charge >= 0.3 is 6.09 Å². The van der Waals surface area contributed by atoms with Crippen molar-refractivity contribution in [3.05, 3.63) is 64.2 Å². The van der Waals surface area contributed by atoms with Gasteiger partial charge in [0.2, 0.25) is 0 Å². The summed E-state index contributed by atoms with van der Waals surface area (Å²) in [5.74, 6) is 0. The first-order chi connectivity index (χ1) is 12.7. The van der Waals surface area contributed by atoms with E-state index in [-0.39, 0.29) is 6.04 Å². The van der Waals surface area contributed by atoms with E-state index in [1.54, 1.807) is 0 Å². The third-order valence-corrected chi connectivity index (χ3v) is 4.30. The van der Waals surface area contributed by atoms with Crippen LogP contribution in [0.5, 0.6) is 0 Å². The fourth-order valence-corrected chi connectivity index (χ4v) is 3.04. The Kier molecular flexibility index (Phi) is 5.42. The minimum Gasteiger partial charge on any atom is -0.444 e. The first-order valence-electron chi connectivity index (χ1n) is 8.94. The molecule has 2 aromatic carbocycles. The maximum Gasteiger partial charge on any atom is 0.412 e. The van der Waals surface area contributed by atoms with Crippen LogP contribution in [0.1, 0.15) is 44.4 Å². The molecule has 1 heterocycles. The van der Waals surface area contributed by atoms with E-state index >= 15 is 0 Å². The summed E-state index contributed by atoms with van der Waals surface area (Å²) >= 11 is 6.02. The molecule has 1 aliphatic rings. The Morgan fingerprint density at radius 2 is 1.93 bits per heavy atom. The molecule has 0 spiro atoms. The number of amides is 1. The van der Waals surface area contributed by atoms with Crippen molar-refractivity contribution in [3.8, 4) is 0 Å². The Morgan fingerprint density at radius 1 is 1.22 bits per heavy atom. The van der Waals surface area contributed by atoms with Crippen molar-refractivity contribution >= 4 is 29.1 Å². The van der Waals surface area contributed by atoms with Crippen LogP contribution in [0.4, 0.5) is 10.5 Å². The number of hydrogen-bond donors (Lipinski definition) is 2. The van der Waals surface area contributed by atoms with Crippen LogP contribution < -0.4 is 10.7 Å². The fraction of sp³-hybridized carbons (Fsp3) is 0.333. The zero-order valence-corrected chi connectivity index (χ0v) is 16.7. The lowest BCUT2D eigenvalue weighted by atomic mass is 9.94. The Bertz CT molecular complexity index is 870. The van der Waals surface area contributed by atoms with E-state index in [1.165, 1.54) is 0 Å². The van der Waals surface area contributed by atoms with Crippen molar-refractivity contribution in [2.75, 3.05) is 5.32 Å². The Balaban J connectivity index is 1.95. The largest absolute Gasteiger partial charge is 0.444 e. The van der Waals surface area contributed by atoms with E-state index in [0.717, 1.165) is 28.8 Å². The molecule has 0 aromatic heterocycles. The van der Waals surface area contributed by atoms with Crippen molar-refractivity contribution < 1.29 is 9.53 Å². The number of rotatable bonds is 2. The molecule has 2 N–H and O–H groups in total. The number of benzene rings is 2. The van der Waals surface area contributed by atoms with Crippen LogP contribution in [-0.4, -0.2) is 23.4 Å². The number of anilines is 1. The lowest BCUT2D eigenvalue weighted by Crippen LogP contribution is -2.27. The Labute approximate surface area is 164 Å². The Morgan fingerprint density at radius 3 is 2.59 bits per heavy atom. The number of halogens is 1. The first-order valence-corrected chi connectivity index (χ1v) is 9.31. The van der Waals surface area contributed by atoms with Crippen molar-refractivity contribution in [2.45, 2.75) is 45.8 Å². The van der Waals surface area contributed by atoms with Gasteiger partial charge in [-0.15, -0.1) is 0 Å². The van der Waals surface area contributed by atoms with Gasteiger partial charge in [-0.3, -0.25) is 5.32 Å². The number of nitrogens with one attached hydrogen (secondary N) is 2. The van der Waals surface area contributed by atoms with E-state index in [2.05, 4.69) is 22.8 Å². The van der Waals surface area contributed by atoms with Crippen molar-refractivity contribution in [3.63, 3.8) is 0 Å². The van der Waals surface area contributed by atoms with Crippen LogP contribution in [0.3, 0.4) is 0 Å². The van der Waals surface area contributed by atoms with Gasteiger partial charge < -0.3 is 10.2 Å². The first kappa shape index (κ1) is 19.2. The van der Waals surface area contributed by atoms with Crippen LogP contribution in [0.25, 0.3) is 0 Å². The normalized spacial score (nSPS) is 16.5. The zero-order valence-electron chi connectivity index (χ0n) is 16.0. The molecule has 0 aliphatic carbocycles. The summed E-state index contributed by atoms with van der Waals surface area (Å²) in [5.41, 5.74) is 7.22. The standard InChI is InChI=1S/C21H24ClN3O2/c1-13-11-15-7-10-17(23-20(26)27-21(2,3)4)12-18(15)19(25-24-13)14-5-8-16(22)9-6-14/h5-10,12-13,24H,11H2,1-4H3,(H,23,26). The number of hydrazone groups is 1. The van der Waals surface area contributed by atoms with Gasteiger partial charge in [0.05, 0.1) is 5.71 Å². The quantitative estimate of drug-likeness (QED) is 0.766. The molecule has 0 bridgehead atoms. The fourth-order valence-electron chi connectivity index (χ4n) is 2.91. The number of ether oxygens (including phenoxy) is 1. The SMILES string of the molecule is CC1Cc2ccc(NC(=O)OC(C)(C)C)cc2C(c2ccc(Cl)cc2)=NN1. The third-order valence-electron chi connectivity index (χ3n) is 4.05. The molecule has 0 fully saturated rings. The Hall–Kier alpha value is -2.53. The lowest BCUT2D eigenvalue weighted by Gasteiger charge is -2.20. The summed E-state index contributed by atoms with van der Waals surface area (Å²) in [4.78, 5) is 12.1. The summed E-state index contributed by atoms with van der Waals surface area (Å²) < 4.78 is 5.34. The summed E-state index contributed by atoms with van der Waals surface area (Å²) in [6.07, 6.45) is 0.357. The van der Waals surface area contributed by atoms with E-state index in [0.29, 0.717) is 10.7 Å². The zero-order chi connectivity index (χ0) is 19.6. The number of hydrogen-bond acceptors (Lipinski definition) is 4. The molecule has 1 aliphatic heterocycles. The second kappa shape index (κ2) is 7.61. The van der Waals surface area contributed by atoms with E-state index in [9.17, 15) is 4.79 Å². The summed E-state index contributed by atoms with van der Waals surface area (Å²) in [7, 11) is 0. The average molecular weight is 386 g/mol. The molecule has 27 heavy (non-hydrogen) atoms. The molecule has 1 unspecified atom stereocenters. The van der Waals surface area contributed by atoms with Gasteiger partial charge in [0.1, 0.15) is 5.60 Å². The highest BCUT2D eigenvalue weighted by Crippen LogP contribution is 2.24. The number of carbonyl (C=O) groups is 1. The molecule has 2 aromatic rings. The molecule has 1 atom stereocenters. The monoisotopic (exact) mass is 385 g/mol. The highest BCUT2D eigenvalue weighted by Gasteiger charge is 2.20.